The summed E-state index contributed by atoms with van der Waals surface area (Å²) in [4.78, 5) is 12.6. The first-order chi connectivity index (χ1) is 8.16. The fraction of sp³-hybridized carbons (Fsp3) is 0.154. The maximum absolute atomic E-state index is 11.9. The quantitative estimate of drug-likeness (QED) is 0.857. The number of ketones is 1. The highest BCUT2D eigenvalue weighted by Gasteiger charge is 2.14. The number of hydrogen-bond donors (Lipinski definition) is 1. The molecule has 88 valence electrons. The van der Waals surface area contributed by atoms with Crippen LogP contribution in [0.2, 0.25) is 4.34 Å². The molecule has 0 spiro atoms. The number of thiophene rings is 1. The second-order valence-corrected chi connectivity index (χ2v) is 5.46. The molecular formula is C13H12ClNOS. The second-order valence-electron chi connectivity index (χ2n) is 3.75. The van der Waals surface area contributed by atoms with Crippen LogP contribution in [0.15, 0.2) is 42.5 Å². The van der Waals surface area contributed by atoms with Gasteiger partial charge in [0.2, 0.25) is 0 Å². The Morgan fingerprint density at radius 1 is 1.24 bits per heavy atom. The van der Waals surface area contributed by atoms with Gasteiger partial charge in [-0.15, -0.1) is 11.3 Å². The fourth-order valence-corrected chi connectivity index (χ4v) is 2.57. The first kappa shape index (κ1) is 12.3. The van der Waals surface area contributed by atoms with Gasteiger partial charge in [0.15, 0.2) is 5.78 Å². The lowest BCUT2D eigenvalue weighted by Crippen LogP contribution is -2.14. The molecule has 1 unspecified atom stereocenters. The van der Waals surface area contributed by atoms with Gasteiger partial charge in [-0.2, -0.15) is 0 Å². The number of Topliss-reactive ketones (excluding diaryl/α,β-unsaturated/α-hetero) is 1. The number of carbonyl (C=O) groups is 1. The summed E-state index contributed by atoms with van der Waals surface area (Å²) >= 11 is 7.09. The van der Waals surface area contributed by atoms with Crippen molar-refractivity contribution < 1.29 is 4.79 Å². The predicted molar refractivity (Wildman–Crippen MR) is 71.6 cm³/mol. The van der Waals surface area contributed by atoms with Crippen molar-refractivity contribution in [2.24, 2.45) is 5.73 Å². The van der Waals surface area contributed by atoms with E-state index in [9.17, 15) is 4.79 Å². The van der Waals surface area contributed by atoms with Crippen molar-refractivity contribution in [1.82, 2.24) is 0 Å². The lowest BCUT2D eigenvalue weighted by molar-refractivity contribution is 0.0978. The summed E-state index contributed by atoms with van der Waals surface area (Å²) < 4.78 is 0.627. The van der Waals surface area contributed by atoms with Crippen LogP contribution >= 0.6 is 22.9 Å². The molecule has 0 aliphatic rings. The molecule has 1 heterocycles. The number of benzene rings is 1. The average molecular weight is 266 g/mol. The Kier molecular flexibility index (Phi) is 3.94. The van der Waals surface area contributed by atoms with Crippen LogP contribution in [0.3, 0.4) is 0 Å². The summed E-state index contributed by atoms with van der Waals surface area (Å²) in [6.45, 7) is 0. The Balaban J connectivity index is 2.04. The van der Waals surface area contributed by atoms with E-state index < -0.39 is 0 Å². The minimum Gasteiger partial charge on any atom is -0.324 e. The summed E-state index contributed by atoms with van der Waals surface area (Å²) in [5.41, 5.74) is 6.97. The van der Waals surface area contributed by atoms with Crippen molar-refractivity contribution in [3.05, 3.63) is 57.2 Å². The van der Waals surface area contributed by atoms with Gasteiger partial charge in [0.05, 0.1) is 9.21 Å². The van der Waals surface area contributed by atoms with Crippen molar-refractivity contribution in [3.8, 4) is 0 Å². The molecule has 2 aromatic rings. The highest BCUT2D eigenvalue weighted by Crippen LogP contribution is 2.24. The van der Waals surface area contributed by atoms with Crippen LogP contribution in [-0.2, 0) is 0 Å². The van der Waals surface area contributed by atoms with Crippen LogP contribution in [0.4, 0.5) is 0 Å². The van der Waals surface area contributed by atoms with E-state index in [0.29, 0.717) is 15.6 Å². The standard InChI is InChI=1S/C13H12ClNOS/c14-13-7-6-12(17-13)11(16)8-10(15)9-4-2-1-3-5-9/h1-7,10H,8,15H2. The number of nitrogens with two attached hydrogens (primary N) is 1. The molecule has 0 saturated carbocycles. The van der Waals surface area contributed by atoms with Crippen molar-refractivity contribution >= 4 is 28.7 Å². The van der Waals surface area contributed by atoms with Gasteiger partial charge < -0.3 is 5.73 Å². The van der Waals surface area contributed by atoms with Gasteiger partial charge >= 0.3 is 0 Å². The van der Waals surface area contributed by atoms with E-state index >= 15 is 0 Å². The molecule has 0 aliphatic heterocycles. The molecule has 2 nitrogen and oxygen atoms in total. The van der Waals surface area contributed by atoms with Gasteiger partial charge in [-0.05, 0) is 17.7 Å². The molecule has 0 saturated heterocycles. The summed E-state index contributed by atoms with van der Waals surface area (Å²) in [6.07, 6.45) is 0.306. The lowest BCUT2D eigenvalue weighted by Gasteiger charge is -2.10. The van der Waals surface area contributed by atoms with Crippen molar-refractivity contribution in [2.75, 3.05) is 0 Å². The maximum Gasteiger partial charge on any atom is 0.174 e. The van der Waals surface area contributed by atoms with Gasteiger partial charge in [0.1, 0.15) is 0 Å². The predicted octanol–water partition coefficient (Wildman–Crippen LogP) is 3.67. The van der Waals surface area contributed by atoms with E-state index in [1.165, 1.54) is 11.3 Å². The van der Waals surface area contributed by atoms with E-state index in [4.69, 9.17) is 17.3 Å². The fourth-order valence-electron chi connectivity index (χ4n) is 1.58. The summed E-state index contributed by atoms with van der Waals surface area (Å²) in [6, 6.07) is 12.8. The molecule has 4 heteroatoms. The summed E-state index contributed by atoms with van der Waals surface area (Å²) in [5.74, 6) is 0.0400. The van der Waals surface area contributed by atoms with Crippen molar-refractivity contribution in [1.29, 1.82) is 0 Å². The SMILES string of the molecule is NC(CC(=O)c1ccc(Cl)s1)c1ccccc1. The third kappa shape index (κ3) is 3.16. The number of rotatable bonds is 4. The smallest absolute Gasteiger partial charge is 0.174 e. The topological polar surface area (TPSA) is 43.1 Å². The number of hydrogen-bond acceptors (Lipinski definition) is 3. The Labute approximate surface area is 109 Å². The van der Waals surface area contributed by atoms with Gasteiger partial charge in [-0.25, -0.2) is 0 Å². The largest absolute Gasteiger partial charge is 0.324 e. The van der Waals surface area contributed by atoms with E-state index in [-0.39, 0.29) is 11.8 Å². The Morgan fingerprint density at radius 2 is 1.94 bits per heavy atom. The van der Waals surface area contributed by atoms with Gasteiger partial charge in [0.25, 0.3) is 0 Å². The average Bonchev–Trinajstić information content (AvgIpc) is 2.77. The van der Waals surface area contributed by atoms with Gasteiger partial charge in [-0.3, -0.25) is 4.79 Å². The maximum atomic E-state index is 11.9. The van der Waals surface area contributed by atoms with Gasteiger partial charge in [0, 0.05) is 12.5 Å². The van der Waals surface area contributed by atoms with E-state index in [2.05, 4.69) is 0 Å². The van der Waals surface area contributed by atoms with Crippen molar-refractivity contribution in [2.45, 2.75) is 12.5 Å². The highest BCUT2D eigenvalue weighted by atomic mass is 35.5. The van der Waals surface area contributed by atoms with E-state index in [1.54, 1.807) is 12.1 Å². The zero-order valence-corrected chi connectivity index (χ0v) is 10.7. The Hall–Kier alpha value is -1.16. The Bertz CT molecular complexity index is 509. The van der Waals surface area contributed by atoms with Crippen LogP contribution in [0.25, 0.3) is 0 Å². The lowest BCUT2D eigenvalue weighted by atomic mass is 10.0. The molecule has 0 aliphatic carbocycles. The van der Waals surface area contributed by atoms with Crippen LogP contribution in [-0.4, -0.2) is 5.78 Å². The van der Waals surface area contributed by atoms with Crippen LogP contribution in [0, 0.1) is 0 Å². The molecule has 1 atom stereocenters. The molecule has 0 bridgehead atoms. The minimum atomic E-state index is -0.260. The third-order valence-corrected chi connectivity index (χ3v) is 3.75. The molecule has 17 heavy (non-hydrogen) atoms. The number of carbonyl (C=O) groups excluding carboxylic acids is 1. The molecule has 1 aromatic heterocycles. The normalized spacial score (nSPS) is 12.4. The number of halogens is 1. The van der Waals surface area contributed by atoms with Crippen molar-refractivity contribution in [3.63, 3.8) is 0 Å². The second kappa shape index (κ2) is 5.45. The Morgan fingerprint density at radius 3 is 2.53 bits per heavy atom. The zero-order valence-electron chi connectivity index (χ0n) is 9.10. The van der Waals surface area contributed by atoms with Crippen LogP contribution < -0.4 is 5.73 Å². The van der Waals surface area contributed by atoms with Crippen LogP contribution in [0.5, 0.6) is 0 Å². The van der Waals surface area contributed by atoms with Gasteiger partial charge in [-0.1, -0.05) is 41.9 Å². The summed E-state index contributed by atoms with van der Waals surface area (Å²) in [5, 5.41) is 0. The third-order valence-electron chi connectivity index (χ3n) is 2.48. The first-order valence-corrected chi connectivity index (χ1v) is 6.45. The first-order valence-electron chi connectivity index (χ1n) is 5.26. The minimum absolute atomic E-state index is 0.0400. The molecule has 0 radical (unpaired) electrons. The monoisotopic (exact) mass is 265 g/mol. The van der Waals surface area contributed by atoms with E-state index in [1.807, 2.05) is 30.3 Å². The van der Waals surface area contributed by atoms with E-state index in [0.717, 1.165) is 5.56 Å². The summed E-state index contributed by atoms with van der Waals surface area (Å²) in [7, 11) is 0. The molecule has 0 fully saturated rings. The molecule has 2 N–H and O–H groups in total. The molecule has 1 aromatic carbocycles. The highest BCUT2D eigenvalue weighted by molar-refractivity contribution is 7.18. The van der Waals surface area contributed by atoms with Crippen LogP contribution in [0.1, 0.15) is 27.7 Å². The molecule has 0 amide bonds. The zero-order chi connectivity index (χ0) is 12.3. The molecular weight excluding hydrogens is 254 g/mol. The molecule has 2 rings (SSSR count).